The third-order valence-corrected chi connectivity index (χ3v) is 4.85. The highest BCUT2D eigenvalue weighted by Gasteiger charge is 2.40. The Hall–Kier alpha value is -0.900. The molecule has 1 aliphatic carbocycles. The van der Waals surface area contributed by atoms with Gasteiger partial charge in [0, 0.05) is 18.9 Å². The Morgan fingerprint density at radius 2 is 2.00 bits per heavy atom. The minimum Gasteiger partial charge on any atom is -0.311 e. The number of aryl methyl sites for hydroxylation is 2. The van der Waals surface area contributed by atoms with Crippen LogP contribution < -0.4 is 5.32 Å². The van der Waals surface area contributed by atoms with Crippen molar-refractivity contribution in [3.63, 3.8) is 0 Å². The van der Waals surface area contributed by atoms with Gasteiger partial charge in [0.1, 0.15) is 5.82 Å². The van der Waals surface area contributed by atoms with E-state index in [4.69, 9.17) is 10.1 Å². The fourth-order valence-corrected chi connectivity index (χ4v) is 3.65. The summed E-state index contributed by atoms with van der Waals surface area (Å²) in [6.07, 6.45) is 6.85. The first-order chi connectivity index (χ1) is 10.0. The van der Waals surface area contributed by atoms with E-state index in [0.29, 0.717) is 17.5 Å². The summed E-state index contributed by atoms with van der Waals surface area (Å²) in [5.41, 5.74) is 0.321. The summed E-state index contributed by atoms with van der Waals surface area (Å²) < 4.78 is 2.24. The maximum atomic E-state index is 4.81. The van der Waals surface area contributed by atoms with Crippen molar-refractivity contribution < 1.29 is 0 Å². The van der Waals surface area contributed by atoms with Gasteiger partial charge in [-0.25, -0.2) is 9.67 Å². The van der Waals surface area contributed by atoms with Crippen molar-refractivity contribution in [2.45, 2.75) is 85.2 Å². The summed E-state index contributed by atoms with van der Waals surface area (Å²) in [4.78, 5) is 4.71. The lowest BCUT2D eigenvalue weighted by Gasteiger charge is -2.44. The maximum absolute atomic E-state index is 4.81. The van der Waals surface area contributed by atoms with Crippen molar-refractivity contribution in [2.24, 2.45) is 5.41 Å². The molecular formula is C17H32N4. The Morgan fingerprint density at radius 3 is 2.62 bits per heavy atom. The van der Waals surface area contributed by atoms with Crippen molar-refractivity contribution in [1.82, 2.24) is 20.1 Å². The van der Waals surface area contributed by atoms with E-state index >= 15 is 0 Å². The van der Waals surface area contributed by atoms with Crippen LogP contribution in [-0.2, 0) is 12.8 Å². The number of nitrogens with zero attached hydrogens (tertiary/aromatic N) is 3. The maximum Gasteiger partial charge on any atom is 0.150 e. The molecule has 2 rings (SSSR count). The van der Waals surface area contributed by atoms with Gasteiger partial charge in [0.15, 0.2) is 5.82 Å². The standard InChI is InChI=1S/C17H32N4/c1-6-12-18-16-13(10-9-11-17(16,4)5)21-15(8-3)19-14(7-2)20-21/h13,16,18H,6-12H2,1-5H3. The van der Waals surface area contributed by atoms with Crippen molar-refractivity contribution in [3.05, 3.63) is 11.6 Å². The van der Waals surface area contributed by atoms with Crippen molar-refractivity contribution in [3.8, 4) is 0 Å². The quantitative estimate of drug-likeness (QED) is 0.872. The lowest BCUT2D eigenvalue weighted by Crippen LogP contribution is -2.51. The molecule has 2 atom stereocenters. The second-order valence-electron chi connectivity index (χ2n) is 6.98. The van der Waals surface area contributed by atoms with Gasteiger partial charge in [0.2, 0.25) is 0 Å². The Labute approximate surface area is 129 Å². The van der Waals surface area contributed by atoms with E-state index in [2.05, 4.69) is 44.6 Å². The van der Waals surface area contributed by atoms with Gasteiger partial charge in [-0.2, -0.15) is 5.10 Å². The number of hydrogen-bond donors (Lipinski definition) is 1. The third-order valence-electron chi connectivity index (χ3n) is 4.85. The zero-order valence-corrected chi connectivity index (χ0v) is 14.4. The van der Waals surface area contributed by atoms with Gasteiger partial charge in [-0.3, -0.25) is 0 Å². The predicted molar refractivity (Wildman–Crippen MR) is 87.5 cm³/mol. The Morgan fingerprint density at radius 1 is 1.24 bits per heavy atom. The monoisotopic (exact) mass is 292 g/mol. The van der Waals surface area contributed by atoms with Gasteiger partial charge in [0.05, 0.1) is 6.04 Å². The van der Waals surface area contributed by atoms with Crippen LogP contribution >= 0.6 is 0 Å². The van der Waals surface area contributed by atoms with Gasteiger partial charge in [-0.1, -0.05) is 41.0 Å². The van der Waals surface area contributed by atoms with Crippen LogP contribution in [0.1, 0.15) is 78.0 Å². The van der Waals surface area contributed by atoms with E-state index in [1.807, 2.05) is 0 Å². The van der Waals surface area contributed by atoms with Crippen LogP contribution in [0.3, 0.4) is 0 Å². The second-order valence-corrected chi connectivity index (χ2v) is 6.98. The number of rotatable bonds is 6. The molecule has 1 aromatic heterocycles. The minimum atomic E-state index is 0.321. The minimum absolute atomic E-state index is 0.321. The summed E-state index contributed by atoms with van der Waals surface area (Å²) in [6.45, 7) is 12.4. The summed E-state index contributed by atoms with van der Waals surface area (Å²) in [5.74, 6) is 2.14. The Balaban J connectivity index is 2.31. The summed E-state index contributed by atoms with van der Waals surface area (Å²) in [7, 11) is 0. The lowest BCUT2D eigenvalue weighted by molar-refractivity contribution is 0.104. The average molecular weight is 292 g/mol. The van der Waals surface area contributed by atoms with Crippen LogP contribution in [0.4, 0.5) is 0 Å². The molecule has 120 valence electrons. The highest BCUT2D eigenvalue weighted by Crippen LogP contribution is 2.41. The molecule has 0 radical (unpaired) electrons. The number of hydrogen-bond acceptors (Lipinski definition) is 3. The van der Waals surface area contributed by atoms with Gasteiger partial charge in [-0.15, -0.1) is 0 Å². The molecule has 1 aliphatic rings. The molecule has 1 saturated carbocycles. The van der Waals surface area contributed by atoms with Crippen molar-refractivity contribution in [1.29, 1.82) is 0 Å². The third kappa shape index (κ3) is 3.47. The number of aromatic nitrogens is 3. The molecule has 0 amide bonds. The molecule has 4 nitrogen and oxygen atoms in total. The molecule has 0 spiro atoms. The van der Waals surface area contributed by atoms with Crippen LogP contribution in [0.2, 0.25) is 0 Å². The molecule has 0 aliphatic heterocycles. The van der Waals surface area contributed by atoms with Gasteiger partial charge >= 0.3 is 0 Å². The highest BCUT2D eigenvalue weighted by molar-refractivity contribution is 5.02. The van der Waals surface area contributed by atoms with E-state index in [0.717, 1.165) is 31.0 Å². The lowest BCUT2D eigenvalue weighted by atomic mass is 9.70. The topological polar surface area (TPSA) is 42.7 Å². The molecule has 0 bridgehead atoms. The molecular weight excluding hydrogens is 260 g/mol. The zero-order valence-electron chi connectivity index (χ0n) is 14.4. The van der Waals surface area contributed by atoms with Crippen LogP contribution in [-0.4, -0.2) is 27.4 Å². The van der Waals surface area contributed by atoms with Crippen LogP contribution in [0.25, 0.3) is 0 Å². The molecule has 0 aromatic carbocycles. The molecule has 21 heavy (non-hydrogen) atoms. The average Bonchev–Trinajstić information content (AvgIpc) is 2.88. The van der Waals surface area contributed by atoms with Gasteiger partial charge in [-0.05, 0) is 31.2 Å². The largest absolute Gasteiger partial charge is 0.311 e. The first-order valence-electron chi connectivity index (χ1n) is 8.71. The summed E-state index contributed by atoms with van der Waals surface area (Å²) in [5, 5.41) is 8.61. The molecule has 2 unspecified atom stereocenters. The van der Waals surface area contributed by atoms with E-state index in [-0.39, 0.29) is 0 Å². The molecule has 1 fully saturated rings. The van der Waals surface area contributed by atoms with Gasteiger partial charge in [0.25, 0.3) is 0 Å². The molecule has 1 N–H and O–H groups in total. The van der Waals surface area contributed by atoms with E-state index in [1.165, 1.54) is 25.7 Å². The van der Waals surface area contributed by atoms with E-state index in [9.17, 15) is 0 Å². The van der Waals surface area contributed by atoms with Crippen LogP contribution in [0.5, 0.6) is 0 Å². The first kappa shape index (κ1) is 16.5. The first-order valence-corrected chi connectivity index (χ1v) is 8.71. The van der Waals surface area contributed by atoms with Crippen LogP contribution in [0.15, 0.2) is 0 Å². The molecule has 1 aromatic rings. The van der Waals surface area contributed by atoms with Crippen LogP contribution in [0, 0.1) is 5.41 Å². The fourth-order valence-electron chi connectivity index (χ4n) is 3.65. The van der Waals surface area contributed by atoms with Crippen molar-refractivity contribution >= 4 is 0 Å². The second kappa shape index (κ2) is 6.91. The van der Waals surface area contributed by atoms with Crippen molar-refractivity contribution in [2.75, 3.05) is 6.54 Å². The SMILES string of the molecule is CCCNC1C(n2nc(CC)nc2CC)CCCC1(C)C. The zero-order chi connectivity index (χ0) is 15.5. The predicted octanol–water partition coefficient (Wildman–Crippen LogP) is 3.52. The van der Waals surface area contributed by atoms with E-state index < -0.39 is 0 Å². The molecule has 4 heteroatoms. The van der Waals surface area contributed by atoms with E-state index in [1.54, 1.807) is 0 Å². The highest BCUT2D eigenvalue weighted by atomic mass is 15.4. The number of nitrogens with one attached hydrogen (secondary N) is 1. The van der Waals surface area contributed by atoms with Gasteiger partial charge < -0.3 is 5.32 Å². The summed E-state index contributed by atoms with van der Waals surface area (Å²) >= 11 is 0. The smallest absolute Gasteiger partial charge is 0.150 e. The molecule has 1 heterocycles. The Bertz CT molecular complexity index is 450. The summed E-state index contributed by atoms with van der Waals surface area (Å²) in [6, 6.07) is 0.936. The fraction of sp³-hybridized carbons (Fsp3) is 0.882. The normalized spacial score (nSPS) is 25.2. The Kier molecular flexibility index (Phi) is 5.42. The molecule has 0 saturated heterocycles.